The van der Waals surface area contributed by atoms with Gasteiger partial charge in [-0.05, 0) is 49.4 Å². The van der Waals surface area contributed by atoms with Gasteiger partial charge in [-0.3, -0.25) is 0 Å². The van der Waals surface area contributed by atoms with Gasteiger partial charge in [0.2, 0.25) is 0 Å². The average molecular weight is 248 g/mol. The summed E-state index contributed by atoms with van der Waals surface area (Å²) in [5.41, 5.74) is 2.43. The first-order chi connectivity index (χ1) is 8.51. The highest BCUT2D eigenvalue weighted by Gasteiger charge is 2.51. The van der Waals surface area contributed by atoms with Crippen LogP contribution in [-0.4, -0.2) is 31.2 Å². The quantitative estimate of drug-likeness (QED) is 0.523. The third kappa shape index (κ3) is 2.05. The number of hydrogen-bond donors (Lipinski definition) is 0. The van der Waals surface area contributed by atoms with E-state index >= 15 is 0 Å². The van der Waals surface area contributed by atoms with Gasteiger partial charge in [0.15, 0.2) is 0 Å². The van der Waals surface area contributed by atoms with E-state index in [9.17, 15) is 0 Å². The summed E-state index contributed by atoms with van der Waals surface area (Å²) in [6, 6.07) is 0. The van der Waals surface area contributed by atoms with Gasteiger partial charge < -0.3 is 4.48 Å². The molecule has 1 nitrogen and oxygen atoms in total. The van der Waals surface area contributed by atoms with E-state index in [0.717, 1.165) is 11.8 Å². The van der Waals surface area contributed by atoms with Crippen molar-refractivity contribution in [3.63, 3.8) is 0 Å². The molecule has 0 radical (unpaired) electrons. The molecule has 2 unspecified atom stereocenters. The van der Waals surface area contributed by atoms with Crippen molar-refractivity contribution in [2.45, 2.75) is 52.4 Å². The zero-order valence-electron chi connectivity index (χ0n) is 12.5. The molecule has 18 heavy (non-hydrogen) atoms. The first-order valence-electron chi connectivity index (χ1n) is 8.04. The molecule has 0 spiro atoms. The Bertz CT molecular complexity index is 347. The number of piperidine rings is 1. The SMILES string of the molecule is CC1(C)C2CC=C(CC[N+]3(C)CCCCC3)C1C2. The highest BCUT2D eigenvalue weighted by molar-refractivity contribution is 5.23. The van der Waals surface area contributed by atoms with Crippen LogP contribution in [0.15, 0.2) is 11.6 Å². The van der Waals surface area contributed by atoms with Crippen LogP contribution in [0.5, 0.6) is 0 Å². The van der Waals surface area contributed by atoms with E-state index in [2.05, 4.69) is 27.0 Å². The standard InChI is InChI=1S/C17H30N/c1-17(2)15-8-7-14(16(17)13-15)9-12-18(3)10-5-4-6-11-18/h7,15-16H,4-6,8-13H2,1-3H3/q+1. The summed E-state index contributed by atoms with van der Waals surface area (Å²) in [5, 5.41) is 0. The van der Waals surface area contributed by atoms with Crippen molar-refractivity contribution >= 4 is 0 Å². The molecule has 2 bridgehead atoms. The lowest BCUT2D eigenvalue weighted by molar-refractivity contribution is -0.913. The Kier molecular flexibility index (Phi) is 3.09. The molecule has 0 aromatic rings. The predicted octanol–water partition coefficient (Wildman–Crippen LogP) is 4.00. The fraction of sp³-hybridized carbons (Fsp3) is 0.882. The summed E-state index contributed by atoms with van der Waals surface area (Å²) in [7, 11) is 2.48. The smallest absolute Gasteiger partial charge is 0.0822 e. The Morgan fingerprint density at radius 1 is 1.22 bits per heavy atom. The summed E-state index contributed by atoms with van der Waals surface area (Å²) < 4.78 is 1.34. The minimum absolute atomic E-state index is 0.616. The van der Waals surface area contributed by atoms with Crippen molar-refractivity contribution in [2.75, 3.05) is 26.7 Å². The molecule has 2 fully saturated rings. The van der Waals surface area contributed by atoms with Crippen LogP contribution >= 0.6 is 0 Å². The van der Waals surface area contributed by atoms with Gasteiger partial charge in [0.1, 0.15) is 0 Å². The molecule has 1 saturated heterocycles. The molecule has 1 aliphatic heterocycles. The highest BCUT2D eigenvalue weighted by atomic mass is 15.3. The third-order valence-corrected chi connectivity index (χ3v) is 6.42. The van der Waals surface area contributed by atoms with Crippen molar-refractivity contribution < 1.29 is 4.48 Å². The highest BCUT2D eigenvalue weighted by Crippen LogP contribution is 2.59. The Balaban J connectivity index is 1.59. The molecule has 1 heteroatoms. The maximum Gasteiger partial charge on any atom is 0.0822 e. The van der Waals surface area contributed by atoms with Crippen LogP contribution in [0.4, 0.5) is 0 Å². The zero-order chi connectivity index (χ0) is 12.8. The van der Waals surface area contributed by atoms with Crippen molar-refractivity contribution in [2.24, 2.45) is 17.3 Å². The van der Waals surface area contributed by atoms with Crippen LogP contribution in [0.3, 0.4) is 0 Å². The summed E-state index contributed by atoms with van der Waals surface area (Å²) in [4.78, 5) is 0. The monoisotopic (exact) mass is 248 g/mol. The van der Waals surface area contributed by atoms with Crippen LogP contribution in [0.25, 0.3) is 0 Å². The lowest BCUT2D eigenvalue weighted by Crippen LogP contribution is -2.51. The molecule has 1 heterocycles. The first kappa shape index (κ1) is 12.7. The van der Waals surface area contributed by atoms with Gasteiger partial charge in [-0.1, -0.05) is 25.5 Å². The zero-order valence-corrected chi connectivity index (χ0v) is 12.5. The maximum absolute atomic E-state index is 2.60. The van der Waals surface area contributed by atoms with Gasteiger partial charge in [-0.25, -0.2) is 0 Å². The largest absolute Gasteiger partial charge is 0.326 e. The molecular weight excluding hydrogens is 218 g/mol. The Hall–Kier alpha value is -0.300. The van der Waals surface area contributed by atoms with Crippen LogP contribution in [0.2, 0.25) is 0 Å². The number of allylic oxidation sites excluding steroid dienone is 1. The molecule has 102 valence electrons. The van der Waals surface area contributed by atoms with Gasteiger partial charge in [0, 0.05) is 6.42 Å². The molecule has 4 aliphatic rings. The first-order valence-corrected chi connectivity index (χ1v) is 8.04. The second kappa shape index (κ2) is 4.37. The number of nitrogens with zero attached hydrogens (tertiary/aromatic N) is 1. The molecule has 3 aliphatic carbocycles. The van der Waals surface area contributed by atoms with Crippen LogP contribution in [0.1, 0.15) is 52.4 Å². The van der Waals surface area contributed by atoms with E-state index in [1.165, 1.54) is 62.6 Å². The minimum atomic E-state index is 0.616. The molecule has 1 saturated carbocycles. The van der Waals surface area contributed by atoms with Crippen LogP contribution < -0.4 is 0 Å². The van der Waals surface area contributed by atoms with Gasteiger partial charge in [0.25, 0.3) is 0 Å². The Morgan fingerprint density at radius 3 is 2.56 bits per heavy atom. The van der Waals surface area contributed by atoms with E-state index in [1.807, 2.05) is 5.57 Å². The Morgan fingerprint density at radius 2 is 1.94 bits per heavy atom. The lowest BCUT2D eigenvalue weighted by Gasteiger charge is -2.56. The molecule has 0 amide bonds. The molecule has 0 N–H and O–H groups in total. The minimum Gasteiger partial charge on any atom is -0.326 e. The van der Waals surface area contributed by atoms with E-state index in [-0.39, 0.29) is 0 Å². The molecule has 2 atom stereocenters. The number of hydrogen-bond acceptors (Lipinski definition) is 0. The topological polar surface area (TPSA) is 0 Å². The van der Waals surface area contributed by atoms with Crippen LogP contribution in [0, 0.1) is 17.3 Å². The van der Waals surface area contributed by atoms with Crippen molar-refractivity contribution in [1.29, 1.82) is 0 Å². The van der Waals surface area contributed by atoms with E-state index < -0.39 is 0 Å². The number of likely N-dealkylation sites (tertiary alicyclic amines) is 1. The fourth-order valence-electron chi connectivity index (χ4n) is 4.66. The molecule has 0 aromatic heterocycles. The predicted molar refractivity (Wildman–Crippen MR) is 77.3 cm³/mol. The second-order valence-electron chi connectivity index (χ2n) is 7.92. The van der Waals surface area contributed by atoms with Gasteiger partial charge >= 0.3 is 0 Å². The van der Waals surface area contributed by atoms with Crippen molar-refractivity contribution in [3.05, 3.63) is 11.6 Å². The number of rotatable bonds is 3. The van der Waals surface area contributed by atoms with E-state index in [4.69, 9.17) is 0 Å². The van der Waals surface area contributed by atoms with Crippen LogP contribution in [-0.2, 0) is 0 Å². The normalized spacial score (nSPS) is 36.7. The second-order valence-corrected chi connectivity index (χ2v) is 7.92. The summed E-state index contributed by atoms with van der Waals surface area (Å²) in [6.07, 6.45) is 11.2. The van der Waals surface area contributed by atoms with Crippen molar-refractivity contribution in [3.8, 4) is 0 Å². The maximum atomic E-state index is 2.60. The molecule has 0 aromatic carbocycles. The van der Waals surface area contributed by atoms with Gasteiger partial charge in [-0.15, -0.1) is 0 Å². The summed E-state index contributed by atoms with van der Waals surface area (Å²) in [6.45, 7) is 9.23. The Labute approximate surface area is 113 Å². The fourth-order valence-corrected chi connectivity index (χ4v) is 4.66. The van der Waals surface area contributed by atoms with Gasteiger partial charge in [-0.2, -0.15) is 0 Å². The van der Waals surface area contributed by atoms with Crippen molar-refractivity contribution in [1.82, 2.24) is 0 Å². The number of fused-ring (bicyclic) bond motifs is 1. The molecular formula is C17H30N+. The van der Waals surface area contributed by atoms with E-state index in [0.29, 0.717) is 5.41 Å². The summed E-state index contributed by atoms with van der Waals surface area (Å²) >= 11 is 0. The summed E-state index contributed by atoms with van der Waals surface area (Å²) in [5.74, 6) is 1.92. The number of quaternary nitrogens is 1. The molecule has 4 rings (SSSR count). The lowest BCUT2D eigenvalue weighted by atomic mass is 9.48. The third-order valence-electron chi connectivity index (χ3n) is 6.42. The van der Waals surface area contributed by atoms with Gasteiger partial charge in [0.05, 0.1) is 26.7 Å². The van der Waals surface area contributed by atoms with E-state index in [1.54, 1.807) is 0 Å². The average Bonchev–Trinajstić information content (AvgIpc) is 2.37.